The zero-order valence-electron chi connectivity index (χ0n) is 10.1. The SMILES string of the molecule is NCC(O)CNCCc1ccc2[nH]c(=O)[nH]c2c1. The topological polar surface area (TPSA) is 107 Å². The molecule has 1 atom stereocenters. The maximum atomic E-state index is 11.1. The first-order valence-corrected chi connectivity index (χ1v) is 5.99. The Hall–Kier alpha value is -1.63. The number of aliphatic hydroxyl groups is 1. The number of nitrogens with one attached hydrogen (secondary N) is 3. The molecule has 0 saturated carbocycles. The molecule has 1 aromatic carbocycles. The Balaban J connectivity index is 1.89. The van der Waals surface area contributed by atoms with E-state index < -0.39 is 6.10 Å². The highest BCUT2D eigenvalue weighted by molar-refractivity contribution is 5.74. The number of aliphatic hydroxyl groups excluding tert-OH is 1. The Kier molecular flexibility index (Phi) is 4.14. The monoisotopic (exact) mass is 250 g/mol. The van der Waals surface area contributed by atoms with Crippen molar-refractivity contribution in [2.75, 3.05) is 19.6 Å². The average molecular weight is 250 g/mol. The Labute approximate surface area is 104 Å². The van der Waals surface area contributed by atoms with Crippen LogP contribution >= 0.6 is 0 Å². The van der Waals surface area contributed by atoms with Gasteiger partial charge in [0.15, 0.2) is 0 Å². The lowest BCUT2D eigenvalue weighted by atomic mass is 10.1. The lowest BCUT2D eigenvalue weighted by Crippen LogP contribution is -2.33. The highest BCUT2D eigenvalue weighted by Crippen LogP contribution is 2.10. The van der Waals surface area contributed by atoms with E-state index in [9.17, 15) is 9.90 Å². The van der Waals surface area contributed by atoms with Gasteiger partial charge in [-0.1, -0.05) is 6.07 Å². The van der Waals surface area contributed by atoms with Crippen LogP contribution in [0.3, 0.4) is 0 Å². The number of H-pyrrole nitrogens is 2. The molecule has 0 aliphatic carbocycles. The van der Waals surface area contributed by atoms with Crippen LogP contribution in [0.4, 0.5) is 0 Å². The van der Waals surface area contributed by atoms with E-state index in [0.29, 0.717) is 6.54 Å². The number of aromatic nitrogens is 2. The van der Waals surface area contributed by atoms with Gasteiger partial charge in [0.2, 0.25) is 0 Å². The zero-order valence-corrected chi connectivity index (χ0v) is 10.1. The van der Waals surface area contributed by atoms with Gasteiger partial charge in [-0.3, -0.25) is 0 Å². The van der Waals surface area contributed by atoms with Gasteiger partial charge in [-0.2, -0.15) is 0 Å². The van der Waals surface area contributed by atoms with Gasteiger partial charge in [0, 0.05) is 13.1 Å². The van der Waals surface area contributed by atoms with Crippen molar-refractivity contribution in [1.82, 2.24) is 15.3 Å². The smallest absolute Gasteiger partial charge is 0.323 e. The van der Waals surface area contributed by atoms with Crippen molar-refractivity contribution in [2.45, 2.75) is 12.5 Å². The molecule has 2 rings (SSSR count). The molecule has 0 fully saturated rings. The molecular formula is C12H18N4O2. The third-order valence-corrected chi connectivity index (χ3v) is 2.82. The summed E-state index contributed by atoms with van der Waals surface area (Å²) in [6.07, 6.45) is 0.342. The summed E-state index contributed by atoms with van der Waals surface area (Å²) in [5, 5.41) is 12.4. The summed E-state index contributed by atoms with van der Waals surface area (Å²) in [6.45, 7) is 1.53. The Morgan fingerprint density at radius 3 is 2.89 bits per heavy atom. The number of fused-ring (bicyclic) bond motifs is 1. The Morgan fingerprint density at radius 1 is 1.33 bits per heavy atom. The molecule has 0 radical (unpaired) electrons. The van der Waals surface area contributed by atoms with Crippen LogP contribution in [0, 0.1) is 0 Å². The second-order valence-corrected chi connectivity index (χ2v) is 4.30. The van der Waals surface area contributed by atoms with Crippen molar-refractivity contribution in [3.05, 3.63) is 34.2 Å². The van der Waals surface area contributed by atoms with Gasteiger partial charge in [-0.25, -0.2) is 4.79 Å². The van der Waals surface area contributed by atoms with Crippen molar-refractivity contribution in [3.63, 3.8) is 0 Å². The van der Waals surface area contributed by atoms with Gasteiger partial charge < -0.3 is 26.1 Å². The first-order valence-electron chi connectivity index (χ1n) is 5.99. The molecule has 18 heavy (non-hydrogen) atoms. The predicted octanol–water partition coefficient (Wildman–Crippen LogP) is -0.692. The van der Waals surface area contributed by atoms with E-state index in [1.165, 1.54) is 0 Å². The second-order valence-electron chi connectivity index (χ2n) is 4.30. The van der Waals surface area contributed by atoms with Gasteiger partial charge in [-0.05, 0) is 30.7 Å². The summed E-state index contributed by atoms with van der Waals surface area (Å²) in [6, 6.07) is 5.82. The third-order valence-electron chi connectivity index (χ3n) is 2.82. The number of hydrogen-bond donors (Lipinski definition) is 5. The lowest BCUT2D eigenvalue weighted by molar-refractivity contribution is 0.180. The minimum atomic E-state index is -0.492. The lowest BCUT2D eigenvalue weighted by Gasteiger charge is -2.09. The van der Waals surface area contributed by atoms with Crippen molar-refractivity contribution < 1.29 is 5.11 Å². The van der Waals surface area contributed by atoms with Gasteiger partial charge in [0.1, 0.15) is 0 Å². The number of aromatic amines is 2. The minimum Gasteiger partial charge on any atom is -0.390 e. The summed E-state index contributed by atoms with van der Waals surface area (Å²) in [5.74, 6) is 0. The molecule has 1 aromatic heterocycles. The van der Waals surface area contributed by atoms with Crippen molar-refractivity contribution in [3.8, 4) is 0 Å². The Morgan fingerprint density at radius 2 is 2.11 bits per heavy atom. The van der Waals surface area contributed by atoms with Gasteiger partial charge >= 0.3 is 5.69 Å². The molecule has 0 amide bonds. The molecule has 98 valence electrons. The number of hydrogen-bond acceptors (Lipinski definition) is 4. The molecule has 0 aliphatic heterocycles. The second kappa shape index (κ2) is 5.81. The predicted molar refractivity (Wildman–Crippen MR) is 70.6 cm³/mol. The molecule has 0 aliphatic rings. The average Bonchev–Trinajstić information content (AvgIpc) is 2.73. The van der Waals surface area contributed by atoms with E-state index in [2.05, 4.69) is 15.3 Å². The fraction of sp³-hybridized carbons (Fsp3) is 0.417. The highest BCUT2D eigenvalue weighted by atomic mass is 16.3. The molecule has 6 N–H and O–H groups in total. The summed E-state index contributed by atoms with van der Waals surface area (Å²) in [7, 11) is 0. The summed E-state index contributed by atoms with van der Waals surface area (Å²) in [4.78, 5) is 16.5. The van der Waals surface area contributed by atoms with Crippen LogP contribution in [0.2, 0.25) is 0 Å². The van der Waals surface area contributed by atoms with Gasteiger partial charge in [-0.15, -0.1) is 0 Å². The van der Waals surface area contributed by atoms with Crippen LogP contribution in [-0.4, -0.2) is 40.8 Å². The van der Waals surface area contributed by atoms with E-state index in [-0.39, 0.29) is 12.2 Å². The standard InChI is InChI=1S/C12H18N4O2/c13-6-9(17)7-14-4-3-8-1-2-10-11(5-8)16-12(18)15-10/h1-2,5,9,14,17H,3-4,6-7,13H2,(H2,15,16,18). The van der Waals surface area contributed by atoms with E-state index in [0.717, 1.165) is 29.6 Å². The van der Waals surface area contributed by atoms with E-state index in [4.69, 9.17) is 5.73 Å². The first-order chi connectivity index (χ1) is 8.69. The van der Waals surface area contributed by atoms with E-state index >= 15 is 0 Å². The number of rotatable bonds is 6. The molecular weight excluding hydrogens is 232 g/mol. The first kappa shape index (κ1) is 12.8. The summed E-state index contributed by atoms with van der Waals surface area (Å²) in [5.41, 5.74) is 7.88. The van der Waals surface area contributed by atoms with Crippen molar-refractivity contribution in [1.29, 1.82) is 0 Å². The maximum absolute atomic E-state index is 11.1. The summed E-state index contributed by atoms with van der Waals surface area (Å²) >= 11 is 0. The van der Waals surface area contributed by atoms with Crippen LogP contribution in [0.15, 0.2) is 23.0 Å². The van der Waals surface area contributed by atoms with Gasteiger partial charge in [0.25, 0.3) is 0 Å². The van der Waals surface area contributed by atoms with Crippen LogP contribution in [0.1, 0.15) is 5.56 Å². The minimum absolute atomic E-state index is 0.189. The maximum Gasteiger partial charge on any atom is 0.323 e. The van der Waals surface area contributed by atoms with E-state index in [1.807, 2.05) is 18.2 Å². The molecule has 0 bridgehead atoms. The van der Waals surface area contributed by atoms with Crippen molar-refractivity contribution in [2.24, 2.45) is 5.73 Å². The van der Waals surface area contributed by atoms with Crippen LogP contribution in [0.25, 0.3) is 11.0 Å². The summed E-state index contributed by atoms with van der Waals surface area (Å²) < 4.78 is 0. The fourth-order valence-corrected chi connectivity index (χ4v) is 1.82. The number of nitrogens with two attached hydrogens (primary N) is 1. The van der Waals surface area contributed by atoms with Crippen LogP contribution in [-0.2, 0) is 6.42 Å². The zero-order chi connectivity index (χ0) is 13.0. The van der Waals surface area contributed by atoms with Crippen LogP contribution < -0.4 is 16.7 Å². The molecule has 0 saturated heterocycles. The third kappa shape index (κ3) is 3.19. The number of benzene rings is 1. The molecule has 1 heterocycles. The molecule has 2 aromatic rings. The molecule has 1 unspecified atom stereocenters. The van der Waals surface area contributed by atoms with Crippen molar-refractivity contribution >= 4 is 11.0 Å². The van der Waals surface area contributed by atoms with Crippen LogP contribution in [0.5, 0.6) is 0 Å². The van der Waals surface area contributed by atoms with Gasteiger partial charge in [0.05, 0.1) is 17.1 Å². The van der Waals surface area contributed by atoms with E-state index in [1.54, 1.807) is 0 Å². The fourth-order valence-electron chi connectivity index (χ4n) is 1.82. The Bertz CT molecular complexity index is 560. The normalized spacial score (nSPS) is 13.0. The number of imidazole rings is 1. The quantitative estimate of drug-likeness (QED) is 0.437. The molecule has 6 nitrogen and oxygen atoms in total. The highest BCUT2D eigenvalue weighted by Gasteiger charge is 2.01. The largest absolute Gasteiger partial charge is 0.390 e. The molecule has 0 spiro atoms. The molecule has 6 heteroatoms.